The van der Waals surface area contributed by atoms with Crippen molar-refractivity contribution in [2.24, 2.45) is 7.05 Å². The van der Waals surface area contributed by atoms with Gasteiger partial charge in [-0.2, -0.15) is 10.2 Å². The van der Waals surface area contributed by atoms with Crippen LogP contribution in [0.25, 0.3) is 28.0 Å². The minimum absolute atomic E-state index is 0.0132. The van der Waals surface area contributed by atoms with E-state index in [1.54, 1.807) is 51.8 Å². The van der Waals surface area contributed by atoms with Crippen molar-refractivity contribution in [1.29, 1.82) is 0 Å². The monoisotopic (exact) mass is 491 g/mol. The van der Waals surface area contributed by atoms with Crippen LogP contribution >= 0.6 is 0 Å². The van der Waals surface area contributed by atoms with Crippen LogP contribution in [0.5, 0.6) is 0 Å². The van der Waals surface area contributed by atoms with Crippen molar-refractivity contribution in [3.05, 3.63) is 72.1 Å². The molecule has 1 amide bonds. The summed E-state index contributed by atoms with van der Waals surface area (Å²) in [4.78, 5) is 17.1. The first-order chi connectivity index (χ1) is 17.1. The number of aryl methyl sites for hydroxylation is 1. The molecule has 0 radical (unpaired) electrons. The number of amides is 1. The number of hydrogen-bond donors (Lipinski definition) is 1. The van der Waals surface area contributed by atoms with Gasteiger partial charge in [0.2, 0.25) is 0 Å². The number of carbonyl (C=O) groups excluding carboxylic acids is 1. The standard InChI is InChI=1S/C24H23F2N9O/c1-24(2,3)35-13-20(31-32-35)23(36)27-9-14-7-18(26)16(8-17(14)25)22-21-5-6-28-34(21)12-19(30-22)15-10-29-33(4)11-15/h5-8,10-13H,9H2,1-4H3,(H,27,36). The molecular weight excluding hydrogens is 468 g/mol. The fraction of sp³-hybridized carbons (Fsp3) is 0.250. The van der Waals surface area contributed by atoms with Crippen molar-refractivity contribution < 1.29 is 13.6 Å². The van der Waals surface area contributed by atoms with E-state index in [1.165, 1.54) is 6.20 Å². The molecule has 0 spiro atoms. The fourth-order valence-electron chi connectivity index (χ4n) is 3.68. The second kappa shape index (κ2) is 8.63. The van der Waals surface area contributed by atoms with Crippen LogP contribution in [0.2, 0.25) is 0 Å². The molecule has 5 rings (SSSR count). The highest BCUT2D eigenvalue weighted by atomic mass is 19.1. The lowest BCUT2D eigenvalue weighted by Crippen LogP contribution is -2.24. The summed E-state index contributed by atoms with van der Waals surface area (Å²) >= 11 is 0. The first kappa shape index (κ1) is 23.3. The van der Waals surface area contributed by atoms with Crippen LogP contribution < -0.4 is 5.32 Å². The minimum Gasteiger partial charge on any atom is -0.346 e. The molecule has 1 aromatic carbocycles. The summed E-state index contributed by atoms with van der Waals surface area (Å²) in [6.45, 7) is 5.53. The van der Waals surface area contributed by atoms with Gasteiger partial charge in [-0.05, 0) is 39.0 Å². The summed E-state index contributed by atoms with van der Waals surface area (Å²) in [5, 5.41) is 18.7. The molecule has 1 N–H and O–H groups in total. The van der Waals surface area contributed by atoms with Gasteiger partial charge in [-0.15, -0.1) is 5.10 Å². The molecule has 10 nitrogen and oxygen atoms in total. The number of aromatic nitrogens is 8. The Morgan fingerprint density at radius 3 is 2.58 bits per heavy atom. The van der Waals surface area contributed by atoms with Crippen molar-refractivity contribution >= 4 is 11.4 Å². The van der Waals surface area contributed by atoms with Gasteiger partial charge < -0.3 is 5.32 Å². The average Bonchev–Trinajstić information content (AvgIpc) is 3.58. The van der Waals surface area contributed by atoms with Crippen LogP contribution in [-0.4, -0.2) is 45.3 Å². The second-order valence-corrected chi connectivity index (χ2v) is 9.36. The van der Waals surface area contributed by atoms with E-state index in [4.69, 9.17) is 0 Å². The largest absolute Gasteiger partial charge is 0.346 e. The van der Waals surface area contributed by atoms with Crippen LogP contribution in [0, 0.1) is 11.6 Å². The number of fused-ring (bicyclic) bond motifs is 1. The summed E-state index contributed by atoms with van der Waals surface area (Å²) in [6, 6.07) is 3.81. The lowest BCUT2D eigenvalue weighted by molar-refractivity contribution is 0.0945. The maximum absolute atomic E-state index is 15.3. The summed E-state index contributed by atoms with van der Waals surface area (Å²) in [6.07, 6.45) is 8.16. The van der Waals surface area contributed by atoms with Gasteiger partial charge in [0.25, 0.3) is 5.91 Å². The maximum atomic E-state index is 15.3. The highest BCUT2D eigenvalue weighted by Crippen LogP contribution is 2.30. The number of halogens is 2. The third kappa shape index (κ3) is 4.32. The van der Waals surface area contributed by atoms with Gasteiger partial charge in [0.05, 0.1) is 47.2 Å². The topological polar surface area (TPSA) is 108 Å². The molecule has 12 heteroatoms. The molecule has 0 aliphatic rings. The molecule has 0 saturated heterocycles. The molecule has 0 saturated carbocycles. The van der Waals surface area contributed by atoms with Gasteiger partial charge in [0, 0.05) is 36.5 Å². The molecule has 0 atom stereocenters. The molecule has 184 valence electrons. The van der Waals surface area contributed by atoms with E-state index in [0.29, 0.717) is 16.8 Å². The highest BCUT2D eigenvalue weighted by molar-refractivity contribution is 5.91. The lowest BCUT2D eigenvalue weighted by atomic mass is 10.1. The van der Waals surface area contributed by atoms with E-state index in [-0.39, 0.29) is 34.6 Å². The van der Waals surface area contributed by atoms with Gasteiger partial charge in [-0.25, -0.2) is 23.0 Å². The molecule has 0 unspecified atom stereocenters. The zero-order chi connectivity index (χ0) is 25.6. The lowest BCUT2D eigenvalue weighted by Gasteiger charge is -2.17. The summed E-state index contributed by atoms with van der Waals surface area (Å²) in [7, 11) is 1.77. The molecule has 0 aliphatic heterocycles. The Morgan fingerprint density at radius 1 is 1.08 bits per heavy atom. The molecule has 4 heterocycles. The molecule has 4 aromatic heterocycles. The Labute approximate surface area is 204 Å². The normalized spacial score (nSPS) is 11.8. The Morgan fingerprint density at radius 2 is 1.89 bits per heavy atom. The molecule has 0 aliphatic carbocycles. The Hall–Kier alpha value is -4.48. The van der Waals surface area contributed by atoms with E-state index in [1.807, 2.05) is 20.8 Å². The van der Waals surface area contributed by atoms with Crippen molar-refractivity contribution in [2.75, 3.05) is 0 Å². The van der Waals surface area contributed by atoms with E-state index in [9.17, 15) is 4.79 Å². The van der Waals surface area contributed by atoms with Gasteiger partial charge in [-0.3, -0.25) is 9.48 Å². The zero-order valence-corrected chi connectivity index (χ0v) is 20.1. The van der Waals surface area contributed by atoms with E-state index in [2.05, 4.69) is 30.8 Å². The Bertz CT molecular complexity index is 1590. The van der Waals surface area contributed by atoms with Gasteiger partial charge in [-0.1, -0.05) is 5.21 Å². The van der Waals surface area contributed by atoms with Crippen LogP contribution in [0.15, 0.2) is 49.2 Å². The van der Waals surface area contributed by atoms with Crippen LogP contribution in [0.4, 0.5) is 8.78 Å². The van der Waals surface area contributed by atoms with E-state index < -0.39 is 17.5 Å². The zero-order valence-electron chi connectivity index (χ0n) is 20.1. The molecular formula is C24H23F2N9O. The summed E-state index contributed by atoms with van der Waals surface area (Å²) < 4.78 is 35.1. The second-order valence-electron chi connectivity index (χ2n) is 9.36. The summed E-state index contributed by atoms with van der Waals surface area (Å²) in [5.41, 5.74) is 1.67. The van der Waals surface area contributed by atoms with Crippen LogP contribution in [0.3, 0.4) is 0 Å². The number of hydrogen-bond acceptors (Lipinski definition) is 6. The van der Waals surface area contributed by atoms with Crippen molar-refractivity contribution in [1.82, 2.24) is 44.7 Å². The van der Waals surface area contributed by atoms with Crippen LogP contribution in [0.1, 0.15) is 36.8 Å². The van der Waals surface area contributed by atoms with Crippen LogP contribution in [-0.2, 0) is 19.1 Å². The minimum atomic E-state index is -0.684. The first-order valence-electron chi connectivity index (χ1n) is 11.1. The molecule has 36 heavy (non-hydrogen) atoms. The SMILES string of the molecule is Cn1cc(-c2cn3nccc3c(-c3cc(F)c(CNC(=O)c4cn(C(C)(C)C)nn4)cc3F)n2)cn1. The van der Waals surface area contributed by atoms with Crippen molar-refractivity contribution in [3.63, 3.8) is 0 Å². The number of nitrogens with zero attached hydrogens (tertiary/aromatic N) is 8. The van der Waals surface area contributed by atoms with Gasteiger partial charge in [0.15, 0.2) is 5.69 Å². The predicted octanol–water partition coefficient (Wildman–Crippen LogP) is 3.35. The van der Waals surface area contributed by atoms with Crippen molar-refractivity contribution in [2.45, 2.75) is 32.9 Å². The fourth-order valence-corrected chi connectivity index (χ4v) is 3.68. The molecule has 0 fully saturated rings. The Kier molecular flexibility index (Phi) is 5.58. The van der Waals surface area contributed by atoms with E-state index in [0.717, 1.165) is 12.1 Å². The smallest absolute Gasteiger partial charge is 0.273 e. The van der Waals surface area contributed by atoms with Crippen molar-refractivity contribution in [3.8, 4) is 22.5 Å². The average molecular weight is 492 g/mol. The number of nitrogens with one attached hydrogen (secondary N) is 1. The third-order valence-corrected chi connectivity index (χ3v) is 5.63. The quantitative estimate of drug-likeness (QED) is 0.404. The predicted molar refractivity (Wildman–Crippen MR) is 127 cm³/mol. The summed E-state index contributed by atoms with van der Waals surface area (Å²) in [5.74, 6) is -1.91. The number of benzene rings is 1. The van der Waals surface area contributed by atoms with Gasteiger partial charge >= 0.3 is 0 Å². The first-order valence-corrected chi connectivity index (χ1v) is 11.1. The molecule has 5 aromatic rings. The van der Waals surface area contributed by atoms with E-state index >= 15 is 8.78 Å². The third-order valence-electron chi connectivity index (χ3n) is 5.63. The molecule has 0 bridgehead atoms. The maximum Gasteiger partial charge on any atom is 0.273 e. The Balaban J connectivity index is 1.43. The highest BCUT2D eigenvalue weighted by Gasteiger charge is 2.20. The number of rotatable bonds is 5. The number of carbonyl (C=O) groups is 1. The van der Waals surface area contributed by atoms with Gasteiger partial charge in [0.1, 0.15) is 11.6 Å².